The Hall–Kier alpha value is -1.64. The van der Waals surface area contributed by atoms with Gasteiger partial charge >= 0.3 is 0 Å². The second kappa shape index (κ2) is 13.6. The summed E-state index contributed by atoms with van der Waals surface area (Å²) in [5.41, 5.74) is 2.62. The fourth-order valence-electron chi connectivity index (χ4n) is 3.88. The number of ether oxygens (including phenoxy) is 2. The van der Waals surface area contributed by atoms with Crippen molar-refractivity contribution in [1.29, 1.82) is 0 Å². The lowest BCUT2D eigenvalue weighted by Crippen LogP contribution is -2.42. The summed E-state index contributed by atoms with van der Waals surface area (Å²) < 4.78 is 10.8. The molecule has 3 rings (SSSR count). The van der Waals surface area contributed by atoms with Crippen LogP contribution in [-0.2, 0) is 9.47 Å². The highest BCUT2D eigenvalue weighted by molar-refractivity contribution is 14.0. The van der Waals surface area contributed by atoms with E-state index >= 15 is 0 Å². The lowest BCUT2D eigenvalue weighted by atomic mass is 9.91. The van der Waals surface area contributed by atoms with Crippen LogP contribution in [0.15, 0.2) is 65.7 Å². The van der Waals surface area contributed by atoms with Crippen LogP contribution in [0.4, 0.5) is 0 Å². The normalized spacial score (nSPS) is 16.6. The molecule has 0 aromatic heterocycles. The summed E-state index contributed by atoms with van der Waals surface area (Å²) >= 11 is 0. The van der Waals surface area contributed by atoms with Crippen molar-refractivity contribution in [2.24, 2.45) is 10.9 Å². The fourth-order valence-corrected chi connectivity index (χ4v) is 3.88. The topological polar surface area (TPSA) is 46.1 Å². The van der Waals surface area contributed by atoms with Gasteiger partial charge in [0.05, 0.1) is 19.8 Å². The summed E-state index contributed by atoms with van der Waals surface area (Å²) in [7, 11) is 3.57. The van der Waals surface area contributed by atoms with E-state index < -0.39 is 0 Å². The van der Waals surface area contributed by atoms with Crippen LogP contribution in [0.1, 0.15) is 23.5 Å². The van der Waals surface area contributed by atoms with Gasteiger partial charge < -0.3 is 19.7 Å². The number of halogens is 1. The summed E-state index contributed by atoms with van der Waals surface area (Å²) in [5.74, 6) is 1.80. The molecule has 0 saturated carbocycles. The van der Waals surface area contributed by atoms with E-state index in [0.29, 0.717) is 19.1 Å². The molecule has 1 heterocycles. The molecular weight excluding hydrogens is 489 g/mol. The van der Waals surface area contributed by atoms with Gasteiger partial charge in [0.25, 0.3) is 0 Å². The van der Waals surface area contributed by atoms with Crippen molar-refractivity contribution in [2.75, 3.05) is 53.6 Å². The van der Waals surface area contributed by atoms with Crippen LogP contribution in [0.5, 0.6) is 0 Å². The highest BCUT2D eigenvalue weighted by Crippen LogP contribution is 2.24. The average molecular weight is 523 g/mol. The SMILES string of the molecule is CN=C(NCC(c1ccccc1)c1ccccc1)N1CCC(COCCOC)C1.I. The number of hydrogen-bond acceptors (Lipinski definition) is 3. The molecule has 1 atom stereocenters. The molecule has 1 saturated heterocycles. The van der Waals surface area contributed by atoms with Gasteiger partial charge in [-0.2, -0.15) is 0 Å². The van der Waals surface area contributed by atoms with Crippen LogP contribution < -0.4 is 5.32 Å². The van der Waals surface area contributed by atoms with E-state index in [9.17, 15) is 0 Å². The molecule has 0 aliphatic carbocycles. The van der Waals surface area contributed by atoms with Gasteiger partial charge in [0.2, 0.25) is 0 Å². The van der Waals surface area contributed by atoms with E-state index in [1.54, 1.807) is 7.11 Å². The Bertz CT molecular complexity index is 703. The molecule has 2 aromatic rings. The zero-order valence-electron chi connectivity index (χ0n) is 18.0. The molecule has 1 aliphatic heterocycles. The molecule has 0 bridgehead atoms. The number of nitrogens with zero attached hydrogens (tertiary/aromatic N) is 2. The molecule has 30 heavy (non-hydrogen) atoms. The molecule has 1 aliphatic rings. The van der Waals surface area contributed by atoms with Gasteiger partial charge in [-0.05, 0) is 17.5 Å². The number of rotatable bonds is 9. The van der Waals surface area contributed by atoms with E-state index in [1.807, 2.05) is 7.05 Å². The second-order valence-corrected chi connectivity index (χ2v) is 7.47. The Balaban J connectivity index is 0.00000320. The molecule has 164 valence electrons. The number of nitrogens with one attached hydrogen (secondary N) is 1. The van der Waals surface area contributed by atoms with Crippen LogP contribution in [0.3, 0.4) is 0 Å². The maximum absolute atomic E-state index is 5.72. The lowest BCUT2D eigenvalue weighted by molar-refractivity contribution is 0.0536. The highest BCUT2D eigenvalue weighted by Gasteiger charge is 2.25. The van der Waals surface area contributed by atoms with Crippen LogP contribution in [0.2, 0.25) is 0 Å². The molecule has 0 radical (unpaired) electrons. The number of aliphatic imine (C=N–C) groups is 1. The van der Waals surface area contributed by atoms with Gasteiger partial charge in [0.15, 0.2) is 5.96 Å². The summed E-state index contributed by atoms with van der Waals surface area (Å²) in [5, 5.41) is 3.62. The van der Waals surface area contributed by atoms with Gasteiger partial charge in [-0.25, -0.2) is 0 Å². The molecular formula is C24H34IN3O2. The first-order valence-corrected chi connectivity index (χ1v) is 10.4. The van der Waals surface area contributed by atoms with E-state index in [4.69, 9.17) is 9.47 Å². The number of likely N-dealkylation sites (tertiary alicyclic amines) is 1. The number of benzene rings is 2. The van der Waals surface area contributed by atoms with Crippen molar-refractivity contribution in [2.45, 2.75) is 12.3 Å². The monoisotopic (exact) mass is 523 g/mol. The average Bonchev–Trinajstić information content (AvgIpc) is 3.24. The summed E-state index contributed by atoms with van der Waals surface area (Å²) in [4.78, 5) is 6.89. The molecule has 5 nitrogen and oxygen atoms in total. The summed E-state index contributed by atoms with van der Waals surface area (Å²) in [6.45, 7) is 4.91. The van der Waals surface area contributed by atoms with Crippen molar-refractivity contribution >= 4 is 29.9 Å². The second-order valence-electron chi connectivity index (χ2n) is 7.47. The van der Waals surface area contributed by atoms with Crippen LogP contribution >= 0.6 is 24.0 Å². The van der Waals surface area contributed by atoms with E-state index in [2.05, 4.69) is 75.9 Å². The first-order valence-electron chi connectivity index (χ1n) is 10.4. The van der Waals surface area contributed by atoms with Gasteiger partial charge in [0, 0.05) is 45.6 Å². The quantitative estimate of drug-likeness (QED) is 0.234. The summed E-state index contributed by atoms with van der Waals surface area (Å²) in [6.07, 6.45) is 1.13. The van der Waals surface area contributed by atoms with Gasteiger partial charge in [0.1, 0.15) is 0 Å². The van der Waals surface area contributed by atoms with Crippen molar-refractivity contribution in [3.8, 4) is 0 Å². The van der Waals surface area contributed by atoms with E-state index in [0.717, 1.165) is 38.6 Å². The fraction of sp³-hybridized carbons (Fsp3) is 0.458. The minimum Gasteiger partial charge on any atom is -0.382 e. The van der Waals surface area contributed by atoms with Crippen molar-refractivity contribution in [3.05, 3.63) is 71.8 Å². The van der Waals surface area contributed by atoms with Crippen LogP contribution in [-0.4, -0.2) is 64.5 Å². The number of hydrogen-bond donors (Lipinski definition) is 1. The van der Waals surface area contributed by atoms with E-state index in [1.165, 1.54) is 11.1 Å². The Labute approximate surface area is 197 Å². The Kier molecular flexibility index (Phi) is 11.2. The van der Waals surface area contributed by atoms with Gasteiger partial charge in [-0.15, -0.1) is 24.0 Å². The van der Waals surface area contributed by atoms with Crippen molar-refractivity contribution in [3.63, 3.8) is 0 Å². The standard InChI is InChI=1S/C24H33N3O2.HI/c1-25-24(27-14-13-20(18-27)19-29-16-15-28-2)26-17-23(21-9-5-3-6-10-21)22-11-7-4-8-12-22;/h3-12,20,23H,13-19H2,1-2H3,(H,25,26);1H. The third-order valence-corrected chi connectivity index (χ3v) is 5.45. The molecule has 1 unspecified atom stereocenters. The van der Waals surface area contributed by atoms with Gasteiger partial charge in [-0.3, -0.25) is 4.99 Å². The molecule has 2 aromatic carbocycles. The minimum atomic E-state index is 0. The zero-order valence-corrected chi connectivity index (χ0v) is 20.3. The third-order valence-electron chi connectivity index (χ3n) is 5.45. The third kappa shape index (κ3) is 7.25. The Morgan fingerprint density at radius 3 is 2.27 bits per heavy atom. The van der Waals surface area contributed by atoms with E-state index in [-0.39, 0.29) is 29.9 Å². The largest absolute Gasteiger partial charge is 0.382 e. The number of methoxy groups -OCH3 is 1. The molecule has 6 heteroatoms. The highest BCUT2D eigenvalue weighted by atomic mass is 127. The molecule has 1 N–H and O–H groups in total. The smallest absolute Gasteiger partial charge is 0.193 e. The first kappa shape index (κ1) is 24.6. The van der Waals surface area contributed by atoms with Crippen molar-refractivity contribution in [1.82, 2.24) is 10.2 Å². The van der Waals surface area contributed by atoms with Crippen LogP contribution in [0.25, 0.3) is 0 Å². The Morgan fingerprint density at radius 1 is 1.07 bits per heavy atom. The number of guanidine groups is 1. The Morgan fingerprint density at radius 2 is 1.70 bits per heavy atom. The maximum atomic E-state index is 5.72. The minimum absolute atomic E-state index is 0. The lowest BCUT2D eigenvalue weighted by Gasteiger charge is -2.25. The summed E-state index contributed by atoms with van der Waals surface area (Å²) in [6, 6.07) is 21.4. The maximum Gasteiger partial charge on any atom is 0.193 e. The predicted molar refractivity (Wildman–Crippen MR) is 134 cm³/mol. The predicted octanol–water partition coefficient (Wildman–Crippen LogP) is 4.00. The van der Waals surface area contributed by atoms with Crippen molar-refractivity contribution < 1.29 is 9.47 Å². The van der Waals surface area contributed by atoms with Gasteiger partial charge in [-0.1, -0.05) is 60.7 Å². The van der Waals surface area contributed by atoms with Crippen LogP contribution in [0, 0.1) is 5.92 Å². The molecule has 1 fully saturated rings. The zero-order chi connectivity index (χ0) is 20.3. The molecule has 0 amide bonds. The molecule has 0 spiro atoms. The first-order chi connectivity index (χ1) is 14.3.